The Morgan fingerprint density at radius 2 is 1.92 bits per heavy atom. The number of halogens is 1. The van der Waals surface area contributed by atoms with Crippen LogP contribution in [0.1, 0.15) is 23.6 Å². The van der Waals surface area contributed by atoms with Crippen LogP contribution in [0, 0.1) is 5.82 Å². The number of ether oxygens (including phenoxy) is 1. The van der Waals surface area contributed by atoms with Crippen LogP contribution < -0.4 is 10.5 Å². The standard InChI is InChI=1S/C20H19FN2O3/c21-17-4-2-1-3-16(17)18-11-12-23(18)20(25)10-7-14-5-8-15(9-6-14)26-13-19(22)24/h1-10,18H,11-13H2,(H2,22,24)/b10-7+. The summed E-state index contributed by atoms with van der Waals surface area (Å²) in [6.07, 6.45) is 3.93. The Hall–Kier alpha value is -3.15. The lowest BCUT2D eigenvalue weighted by Gasteiger charge is -2.40. The molecular weight excluding hydrogens is 335 g/mol. The van der Waals surface area contributed by atoms with E-state index >= 15 is 0 Å². The summed E-state index contributed by atoms with van der Waals surface area (Å²) >= 11 is 0. The lowest BCUT2D eigenvalue weighted by atomic mass is 9.94. The SMILES string of the molecule is NC(=O)COc1ccc(/C=C/C(=O)N2CCC2c2ccccc2F)cc1. The number of rotatable bonds is 6. The van der Waals surface area contributed by atoms with Gasteiger partial charge in [-0.1, -0.05) is 30.3 Å². The number of nitrogens with zero attached hydrogens (tertiary/aromatic N) is 1. The molecule has 5 nitrogen and oxygen atoms in total. The molecule has 0 saturated carbocycles. The zero-order valence-corrected chi connectivity index (χ0v) is 14.1. The lowest BCUT2D eigenvalue weighted by Crippen LogP contribution is -2.44. The van der Waals surface area contributed by atoms with Crippen molar-refractivity contribution in [2.24, 2.45) is 5.73 Å². The first-order valence-corrected chi connectivity index (χ1v) is 8.29. The van der Waals surface area contributed by atoms with Crippen molar-refractivity contribution in [2.75, 3.05) is 13.2 Å². The summed E-state index contributed by atoms with van der Waals surface area (Å²) in [4.78, 5) is 24.7. The number of carbonyl (C=O) groups excluding carboxylic acids is 2. The Labute approximate surface area is 150 Å². The monoisotopic (exact) mass is 354 g/mol. The summed E-state index contributed by atoms with van der Waals surface area (Å²) in [6.45, 7) is 0.433. The first-order valence-electron chi connectivity index (χ1n) is 8.29. The van der Waals surface area contributed by atoms with Crippen molar-refractivity contribution in [3.05, 3.63) is 71.6 Å². The summed E-state index contributed by atoms with van der Waals surface area (Å²) in [7, 11) is 0. The van der Waals surface area contributed by atoms with Gasteiger partial charge in [-0.3, -0.25) is 9.59 Å². The van der Waals surface area contributed by atoms with Crippen molar-refractivity contribution in [2.45, 2.75) is 12.5 Å². The molecule has 1 fully saturated rings. The minimum Gasteiger partial charge on any atom is -0.484 e. The van der Waals surface area contributed by atoms with Crippen LogP contribution in [0.3, 0.4) is 0 Å². The van der Waals surface area contributed by atoms with E-state index in [1.165, 1.54) is 12.1 Å². The molecule has 1 heterocycles. The van der Waals surface area contributed by atoms with E-state index in [4.69, 9.17) is 10.5 Å². The molecule has 2 aromatic carbocycles. The summed E-state index contributed by atoms with van der Waals surface area (Å²) < 4.78 is 19.1. The fourth-order valence-corrected chi connectivity index (χ4v) is 2.81. The van der Waals surface area contributed by atoms with Gasteiger partial charge < -0.3 is 15.4 Å². The Balaban J connectivity index is 1.61. The normalized spacial score (nSPS) is 16.3. The van der Waals surface area contributed by atoms with Crippen LogP contribution in [0.4, 0.5) is 4.39 Å². The maximum Gasteiger partial charge on any atom is 0.255 e. The Kier molecular flexibility index (Phi) is 5.31. The summed E-state index contributed by atoms with van der Waals surface area (Å²) in [5.41, 5.74) is 6.38. The van der Waals surface area contributed by atoms with Crippen LogP contribution in [-0.4, -0.2) is 29.9 Å². The number of amides is 2. The smallest absolute Gasteiger partial charge is 0.255 e. The van der Waals surface area contributed by atoms with Crippen molar-refractivity contribution < 1.29 is 18.7 Å². The van der Waals surface area contributed by atoms with E-state index in [1.807, 2.05) is 0 Å². The van der Waals surface area contributed by atoms with Crippen LogP contribution in [0.15, 0.2) is 54.6 Å². The quantitative estimate of drug-likeness (QED) is 0.811. The van der Waals surface area contributed by atoms with E-state index in [-0.39, 0.29) is 24.4 Å². The zero-order valence-electron chi connectivity index (χ0n) is 14.1. The highest BCUT2D eigenvalue weighted by molar-refractivity contribution is 5.92. The molecular formula is C20H19FN2O3. The maximum atomic E-state index is 13.9. The number of nitrogens with two attached hydrogens (primary N) is 1. The number of benzene rings is 2. The Morgan fingerprint density at radius 3 is 2.54 bits per heavy atom. The summed E-state index contributed by atoms with van der Waals surface area (Å²) in [5, 5.41) is 0. The highest BCUT2D eigenvalue weighted by atomic mass is 19.1. The number of carbonyl (C=O) groups is 2. The van der Waals surface area contributed by atoms with Crippen molar-refractivity contribution >= 4 is 17.9 Å². The van der Waals surface area contributed by atoms with Gasteiger partial charge in [0, 0.05) is 18.2 Å². The van der Waals surface area contributed by atoms with Gasteiger partial charge in [-0.15, -0.1) is 0 Å². The largest absolute Gasteiger partial charge is 0.484 e. The minimum absolute atomic E-state index is 0.154. The molecule has 2 amide bonds. The number of primary amides is 1. The Morgan fingerprint density at radius 1 is 1.19 bits per heavy atom. The van der Waals surface area contributed by atoms with Crippen LogP contribution in [0.2, 0.25) is 0 Å². The van der Waals surface area contributed by atoms with Gasteiger partial charge in [-0.25, -0.2) is 4.39 Å². The molecule has 0 bridgehead atoms. The first-order chi connectivity index (χ1) is 12.5. The molecule has 2 aromatic rings. The highest BCUT2D eigenvalue weighted by Gasteiger charge is 2.33. The molecule has 6 heteroatoms. The first kappa shape index (κ1) is 17.7. The zero-order chi connectivity index (χ0) is 18.5. The molecule has 1 unspecified atom stereocenters. The van der Waals surface area contributed by atoms with Gasteiger partial charge in [0.25, 0.3) is 5.91 Å². The summed E-state index contributed by atoms with van der Waals surface area (Å²) in [6, 6.07) is 13.3. The molecule has 1 aliphatic heterocycles. The summed E-state index contributed by atoms with van der Waals surface area (Å²) in [5.74, 6) is -0.461. The van der Waals surface area contributed by atoms with E-state index < -0.39 is 5.91 Å². The maximum absolute atomic E-state index is 13.9. The molecule has 1 atom stereocenters. The van der Waals surface area contributed by atoms with E-state index in [9.17, 15) is 14.0 Å². The molecule has 26 heavy (non-hydrogen) atoms. The van der Waals surface area contributed by atoms with Crippen LogP contribution in [0.25, 0.3) is 6.08 Å². The van der Waals surface area contributed by atoms with Crippen LogP contribution in [0.5, 0.6) is 5.75 Å². The van der Waals surface area contributed by atoms with Crippen molar-refractivity contribution in [1.29, 1.82) is 0 Å². The predicted octanol–water partition coefficient (Wildman–Crippen LogP) is 2.68. The predicted molar refractivity (Wildman–Crippen MR) is 95.6 cm³/mol. The van der Waals surface area contributed by atoms with Gasteiger partial charge in [-0.05, 0) is 36.3 Å². The average molecular weight is 354 g/mol. The second-order valence-electron chi connectivity index (χ2n) is 6.01. The minimum atomic E-state index is -0.543. The van der Waals surface area contributed by atoms with Gasteiger partial charge in [0.1, 0.15) is 11.6 Å². The van der Waals surface area contributed by atoms with E-state index in [0.29, 0.717) is 17.9 Å². The molecule has 2 N–H and O–H groups in total. The third kappa shape index (κ3) is 4.08. The number of likely N-dealkylation sites (tertiary alicyclic amines) is 1. The molecule has 1 saturated heterocycles. The molecule has 134 valence electrons. The van der Waals surface area contributed by atoms with Crippen LogP contribution in [-0.2, 0) is 9.59 Å². The molecule has 0 spiro atoms. The van der Waals surface area contributed by atoms with Crippen LogP contribution >= 0.6 is 0 Å². The fourth-order valence-electron chi connectivity index (χ4n) is 2.81. The number of hydrogen-bond acceptors (Lipinski definition) is 3. The second-order valence-corrected chi connectivity index (χ2v) is 6.01. The molecule has 0 radical (unpaired) electrons. The third-order valence-electron chi connectivity index (χ3n) is 4.25. The van der Waals surface area contributed by atoms with E-state index in [2.05, 4.69) is 0 Å². The highest BCUT2D eigenvalue weighted by Crippen LogP contribution is 2.34. The van der Waals surface area contributed by atoms with Crippen molar-refractivity contribution in [3.63, 3.8) is 0 Å². The molecule has 0 aromatic heterocycles. The second kappa shape index (κ2) is 7.82. The average Bonchev–Trinajstić information content (AvgIpc) is 2.60. The fraction of sp³-hybridized carbons (Fsp3) is 0.200. The van der Waals surface area contributed by atoms with Gasteiger partial charge >= 0.3 is 0 Å². The van der Waals surface area contributed by atoms with Gasteiger partial charge in [0.05, 0.1) is 6.04 Å². The van der Waals surface area contributed by atoms with Gasteiger partial charge in [-0.2, -0.15) is 0 Å². The third-order valence-corrected chi connectivity index (χ3v) is 4.25. The number of hydrogen-bond donors (Lipinski definition) is 1. The van der Waals surface area contributed by atoms with E-state index in [1.54, 1.807) is 53.4 Å². The topological polar surface area (TPSA) is 72.6 Å². The molecule has 0 aliphatic carbocycles. The molecule has 1 aliphatic rings. The van der Waals surface area contributed by atoms with Gasteiger partial charge in [0.15, 0.2) is 6.61 Å². The molecule has 3 rings (SSSR count). The van der Waals surface area contributed by atoms with Gasteiger partial charge in [0.2, 0.25) is 5.91 Å². The van der Waals surface area contributed by atoms with Crippen molar-refractivity contribution in [1.82, 2.24) is 4.90 Å². The lowest BCUT2D eigenvalue weighted by molar-refractivity contribution is -0.133. The van der Waals surface area contributed by atoms with E-state index in [0.717, 1.165) is 12.0 Å². The van der Waals surface area contributed by atoms with Crippen molar-refractivity contribution in [3.8, 4) is 5.75 Å². The Bertz CT molecular complexity index is 833.